The number of hydrogen-bond acceptors (Lipinski definition) is 4. The van der Waals surface area contributed by atoms with E-state index in [1.165, 1.54) is 0 Å². The first-order valence-corrected chi connectivity index (χ1v) is 7.26. The second-order valence-electron chi connectivity index (χ2n) is 5.41. The normalized spacial score (nSPS) is 10.7. The van der Waals surface area contributed by atoms with Crippen LogP contribution in [0.5, 0.6) is 0 Å². The van der Waals surface area contributed by atoms with Crippen LogP contribution in [0.4, 0.5) is 11.8 Å². The first-order chi connectivity index (χ1) is 11.1. The summed E-state index contributed by atoms with van der Waals surface area (Å²) >= 11 is 0. The molecule has 2 aromatic heterocycles. The predicted octanol–water partition coefficient (Wildman–Crippen LogP) is 3.01. The van der Waals surface area contributed by atoms with Gasteiger partial charge in [-0.05, 0) is 29.8 Å². The van der Waals surface area contributed by atoms with E-state index in [-0.39, 0.29) is 12.4 Å². The molecule has 7 heteroatoms. The van der Waals surface area contributed by atoms with Crippen LogP contribution >= 0.6 is 12.4 Å². The van der Waals surface area contributed by atoms with Gasteiger partial charge in [-0.1, -0.05) is 24.3 Å². The van der Waals surface area contributed by atoms with Crippen molar-refractivity contribution in [3.8, 4) is 16.8 Å². The Balaban J connectivity index is 0.00000169. The van der Waals surface area contributed by atoms with E-state index in [1.807, 2.05) is 60.1 Å². The second-order valence-corrected chi connectivity index (χ2v) is 5.41. The van der Waals surface area contributed by atoms with Gasteiger partial charge in [0.15, 0.2) is 0 Å². The number of nitrogens with zero attached hydrogens (tertiary/aromatic N) is 4. The number of anilines is 2. The number of nitrogens with two attached hydrogens (primary N) is 2. The predicted molar refractivity (Wildman–Crippen MR) is 99.3 cm³/mol. The highest BCUT2D eigenvalue weighted by atomic mass is 35.5. The number of benzene rings is 2. The molecule has 24 heavy (non-hydrogen) atoms. The number of imidazole rings is 1. The average Bonchev–Trinajstić information content (AvgIpc) is 3.07. The molecule has 2 aromatic carbocycles. The minimum Gasteiger partial charge on any atom is -0.383 e. The van der Waals surface area contributed by atoms with Crippen molar-refractivity contribution in [2.45, 2.75) is 0 Å². The van der Waals surface area contributed by atoms with Gasteiger partial charge in [0.25, 0.3) is 0 Å². The van der Waals surface area contributed by atoms with Crippen molar-refractivity contribution in [3.05, 3.63) is 54.7 Å². The molecule has 0 aliphatic carbocycles. The first kappa shape index (κ1) is 15.9. The number of aryl methyl sites for hydroxylation is 1. The Hall–Kier alpha value is -2.99. The quantitative estimate of drug-likeness (QED) is 0.587. The number of para-hydroxylation sites is 2. The number of rotatable bonds is 2. The van der Waals surface area contributed by atoms with E-state index in [9.17, 15) is 0 Å². The summed E-state index contributed by atoms with van der Waals surface area (Å²) in [5.74, 6) is 1.09. The summed E-state index contributed by atoms with van der Waals surface area (Å²) in [6.07, 6.45) is 1.77. The fourth-order valence-corrected chi connectivity index (χ4v) is 2.80. The molecule has 0 radical (unpaired) electrons. The molecule has 4 aromatic rings. The molecule has 0 spiro atoms. The summed E-state index contributed by atoms with van der Waals surface area (Å²) in [5.41, 5.74) is 16.9. The van der Waals surface area contributed by atoms with E-state index >= 15 is 0 Å². The van der Waals surface area contributed by atoms with Crippen LogP contribution in [-0.4, -0.2) is 19.3 Å². The molecular weight excluding hydrogens is 324 g/mol. The van der Waals surface area contributed by atoms with Gasteiger partial charge >= 0.3 is 0 Å². The smallest absolute Gasteiger partial charge is 0.205 e. The fraction of sp³-hybridized carbons (Fsp3) is 0.0588. The van der Waals surface area contributed by atoms with E-state index in [2.05, 4.69) is 10.1 Å². The molecule has 2 heterocycles. The van der Waals surface area contributed by atoms with Gasteiger partial charge in [0.2, 0.25) is 5.95 Å². The van der Waals surface area contributed by atoms with Crippen molar-refractivity contribution in [1.29, 1.82) is 0 Å². The van der Waals surface area contributed by atoms with Crippen LogP contribution in [0.3, 0.4) is 0 Å². The molecule has 122 valence electrons. The largest absolute Gasteiger partial charge is 0.383 e. The van der Waals surface area contributed by atoms with Crippen LogP contribution in [0, 0.1) is 0 Å². The molecule has 0 atom stereocenters. The number of hydrogen-bond donors (Lipinski definition) is 2. The van der Waals surface area contributed by atoms with E-state index < -0.39 is 0 Å². The van der Waals surface area contributed by atoms with Crippen LogP contribution in [0.25, 0.3) is 27.8 Å². The molecule has 0 unspecified atom stereocenters. The maximum Gasteiger partial charge on any atom is 0.205 e. The monoisotopic (exact) mass is 340 g/mol. The lowest BCUT2D eigenvalue weighted by atomic mass is 10.1. The van der Waals surface area contributed by atoms with Crippen molar-refractivity contribution in [3.63, 3.8) is 0 Å². The number of aromatic nitrogens is 4. The third-order valence-electron chi connectivity index (χ3n) is 3.99. The Morgan fingerprint density at radius 3 is 2.54 bits per heavy atom. The molecule has 4 N–H and O–H groups in total. The Morgan fingerprint density at radius 1 is 1.00 bits per heavy atom. The maximum absolute atomic E-state index is 6.12. The van der Waals surface area contributed by atoms with E-state index in [0.717, 1.165) is 27.8 Å². The summed E-state index contributed by atoms with van der Waals surface area (Å²) in [4.78, 5) is 4.41. The summed E-state index contributed by atoms with van der Waals surface area (Å²) in [6, 6.07) is 15.9. The highest BCUT2D eigenvalue weighted by molar-refractivity contribution is 5.85. The van der Waals surface area contributed by atoms with Crippen LogP contribution < -0.4 is 11.5 Å². The topological polar surface area (TPSA) is 87.7 Å². The molecular formula is C17H17ClN6. The lowest BCUT2D eigenvalue weighted by molar-refractivity contribution is 0.779. The molecule has 0 aliphatic rings. The zero-order valence-corrected chi connectivity index (χ0v) is 13.9. The first-order valence-electron chi connectivity index (χ1n) is 7.26. The molecule has 4 rings (SSSR count). The molecule has 0 saturated carbocycles. The van der Waals surface area contributed by atoms with Gasteiger partial charge in [-0.2, -0.15) is 5.10 Å². The van der Waals surface area contributed by atoms with Gasteiger partial charge in [-0.15, -0.1) is 12.4 Å². The van der Waals surface area contributed by atoms with Gasteiger partial charge in [0.05, 0.1) is 17.2 Å². The molecule has 0 aliphatic heterocycles. The van der Waals surface area contributed by atoms with Crippen LogP contribution in [-0.2, 0) is 7.05 Å². The molecule has 0 fully saturated rings. The number of fused-ring (bicyclic) bond motifs is 1. The third kappa shape index (κ3) is 2.37. The highest BCUT2D eigenvalue weighted by Crippen LogP contribution is 2.29. The molecule has 6 nitrogen and oxygen atoms in total. The lowest BCUT2D eigenvalue weighted by Gasteiger charge is -2.09. The van der Waals surface area contributed by atoms with E-state index in [1.54, 1.807) is 10.9 Å². The van der Waals surface area contributed by atoms with Gasteiger partial charge < -0.3 is 11.5 Å². The molecule has 0 saturated heterocycles. The standard InChI is InChI=1S/C17H16N6.ClH/c1-22-16(18)13(10-20-22)11-5-4-6-12(9-11)23-15-8-3-2-7-14(15)21-17(23)19;/h2-10H,18H2,1H3,(H2,19,21);1H. The Kier molecular flexibility index (Phi) is 3.91. The van der Waals surface area contributed by atoms with Gasteiger partial charge in [-0.3, -0.25) is 9.25 Å². The zero-order valence-electron chi connectivity index (χ0n) is 13.0. The summed E-state index contributed by atoms with van der Waals surface area (Å²) in [6.45, 7) is 0. The van der Waals surface area contributed by atoms with Crippen LogP contribution in [0.15, 0.2) is 54.7 Å². The maximum atomic E-state index is 6.12. The summed E-state index contributed by atoms with van der Waals surface area (Å²) in [5, 5.41) is 4.20. The van der Waals surface area contributed by atoms with Crippen molar-refractivity contribution in [2.24, 2.45) is 7.05 Å². The zero-order chi connectivity index (χ0) is 16.0. The summed E-state index contributed by atoms with van der Waals surface area (Å²) < 4.78 is 3.59. The SMILES string of the molecule is Cl.Cn1ncc(-c2cccc(-n3c(N)nc4ccccc43)c2)c1N. The summed E-state index contributed by atoms with van der Waals surface area (Å²) in [7, 11) is 1.82. The van der Waals surface area contributed by atoms with Gasteiger partial charge in [0.1, 0.15) is 5.82 Å². The third-order valence-corrected chi connectivity index (χ3v) is 3.99. The van der Waals surface area contributed by atoms with Crippen molar-refractivity contribution in [2.75, 3.05) is 11.5 Å². The van der Waals surface area contributed by atoms with Crippen molar-refractivity contribution in [1.82, 2.24) is 19.3 Å². The number of halogens is 1. The van der Waals surface area contributed by atoms with Crippen LogP contribution in [0.2, 0.25) is 0 Å². The second kappa shape index (κ2) is 5.90. The fourth-order valence-electron chi connectivity index (χ4n) is 2.80. The van der Waals surface area contributed by atoms with Gasteiger partial charge in [-0.25, -0.2) is 4.98 Å². The lowest BCUT2D eigenvalue weighted by Crippen LogP contribution is -2.01. The van der Waals surface area contributed by atoms with Crippen molar-refractivity contribution < 1.29 is 0 Å². The Morgan fingerprint density at radius 2 is 1.79 bits per heavy atom. The average molecular weight is 341 g/mol. The minimum atomic E-state index is 0. The Labute approximate surface area is 145 Å². The van der Waals surface area contributed by atoms with Gasteiger partial charge in [0, 0.05) is 18.3 Å². The highest BCUT2D eigenvalue weighted by Gasteiger charge is 2.12. The van der Waals surface area contributed by atoms with Crippen LogP contribution in [0.1, 0.15) is 0 Å². The number of nitrogen functional groups attached to an aromatic ring is 2. The van der Waals surface area contributed by atoms with E-state index in [0.29, 0.717) is 11.8 Å². The molecule has 0 amide bonds. The molecule has 0 bridgehead atoms. The Bertz CT molecular complexity index is 1020. The van der Waals surface area contributed by atoms with E-state index in [4.69, 9.17) is 11.5 Å². The van der Waals surface area contributed by atoms with Crippen molar-refractivity contribution >= 4 is 35.2 Å². The minimum absolute atomic E-state index is 0.